The maximum absolute atomic E-state index is 14.7. The van der Waals surface area contributed by atoms with Crippen LogP contribution in [0.25, 0.3) is 0 Å². The van der Waals surface area contributed by atoms with E-state index in [0.717, 1.165) is 69.2 Å². The molecule has 40 heavy (non-hydrogen) atoms. The minimum atomic E-state index is -0.984. The molecule has 1 aromatic carbocycles. The molecule has 9 heteroatoms. The summed E-state index contributed by atoms with van der Waals surface area (Å²) in [7, 11) is 3.34. The van der Waals surface area contributed by atoms with E-state index in [-0.39, 0.29) is 18.1 Å². The van der Waals surface area contributed by atoms with Gasteiger partial charge in [0.2, 0.25) is 0 Å². The predicted molar refractivity (Wildman–Crippen MR) is 150 cm³/mol. The number of halogens is 1. The molecule has 0 spiro atoms. The highest BCUT2D eigenvalue weighted by atomic mass is 19.1. The standard InChI is InChI=1S/C31H42FN3O5/c1-35(29(31(36)37)26-16-22(32)17-27(38-2)28(26)20-10-14-39-15-11-20)24-18-25(19-24)40-13-4-3-7-23-9-8-21-6-5-12-33-30(21)34-23/h5-6,12,16-17,20,23-25,29H,3-4,7-11,13-15,18-19H2,1-2H3,(H,33,34)(H,36,37)/t23-,24?,25?,29+/m0/s1. The molecule has 1 aromatic heterocycles. The molecule has 0 amide bonds. The van der Waals surface area contributed by atoms with Crippen molar-refractivity contribution in [1.29, 1.82) is 0 Å². The SMILES string of the molecule is COc1cc(F)cc([C@H](C(=O)O)N(C)C2CC(OCCCC[C@H]3CCc4cccnc4N3)C2)c1C1CCOCC1. The Morgan fingerprint density at radius 3 is 2.80 bits per heavy atom. The number of unbranched alkanes of at least 4 members (excludes halogenated alkanes) is 1. The van der Waals surface area contributed by atoms with Crippen LogP contribution in [0.5, 0.6) is 5.75 Å². The lowest BCUT2D eigenvalue weighted by atomic mass is 9.82. The van der Waals surface area contributed by atoms with E-state index in [9.17, 15) is 14.3 Å². The number of aromatic nitrogens is 1. The summed E-state index contributed by atoms with van der Waals surface area (Å²) in [5, 5.41) is 13.9. The van der Waals surface area contributed by atoms with Gasteiger partial charge in [0.05, 0.1) is 13.2 Å². The number of carboxylic acids is 1. The second-order valence-corrected chi connectivity index (χ2v) is 11.4. The van der Waals surface area contributed by atoms with Gasteiger partial charge in [-0.3, -0.25) is 9.69 Å². The average Bonchev–Trinajstić information content (AvgIpc) is 2.93. The zero-order chi connectivity index (χ0) is 28.1. The van der Waals surface area contributed by atoms with Gasteiger partial charge in [0.15, 0.2) is 0 Å². The number of aliphatic carboxylic acids is 1. The number of fused-ring (bicyclic) bond motifs is 1. The van der Waals surface area contributed by atoms with E-state index in [1.54, 1.807) is 0 Å². The quantitative estimate of drug-likeness (QED) is 0.340. The van der Waals surface area contributed by atoms with Gasteiger partial charge in [-0.05, 0) is 94.0 Å². The molecule has 2 fully saturated rings. The number of nitrogens with zero attached hydrogens (tertiary/aromatic N) is 2. The summed E-state index contributed by atoms with van der Waals surface area (Å²) in [6.07, 6.45) is 10.4. The van der Waals surface area contributed by atoms with Crippen LogP contribution in [-0.4, -0.2) is 73.1 Å². The first kappa shape index (κ1) is 28.8. The number of methoxy groups -OCH3 is 1. The van der Waals surface area contributed by atoms with Gasteiger partial charge in [0.1, 0.15) is 23.4 Å². The molecule has 8 nitrogen and oxygen atoms in total. The molecular weight excluding hydrogens is 513 g/mol. The van der Waals surface area contributed by atoms with Gasteiger partial charge in [-0.2, -0.15) is 0 Å². The molecule has 218 valence electrons. The normalized spacial score (nSPS) is 23.6. The second kappa shape index (κ2) is 13.3. The Hall–Kier alpha value is -2.75. The fraction of sp³-hybridized carbons (Fsp3) is 0.613. The highest BCUT2D eigenvalue weighted by Gasteiger charge is 2.40. The smallest absolute Gasteiger partial charge is 0.325 e. The van der Waals surface area contributed by atoms with Crippen molar-refractivity contribution in [1.82, 2.24) is 9.88 Å². The molecule has 2 aliphatic heterocycles. The third-order valence-corrected chi connectivity index (χ3v) is 8.86. The molecule has 1 saturated heterocycles. The van der Waals surface area contributed by atoms with Crippen LogP contribution in [0.15, 0.2) is 30.5 Å². The number of carbonyl (C=O) groups is 1. The van der Waals surface area contributed by atoms with Crippen molar-refractivity contribution in [2.45, 2.75) is 87.9 Å². The van der Waals surface area contributed by atoms with Crippen molar-refractivity contribution >= 4 is 11.8 Å². The number of pyridine rings is 1. The van der Waals surface area contributed by atoms with Crippen molar-refractivity contribution in [3.63, 3.8) is 0 Å². The molecule has 5 rings (SSSR count). The fourth-order valence-corrected chi connectivity index (χ4v) is 6.50. The molecule has 0 unspecified atom stereocenters. The van der Waals surface area contributed by atoms with Crippen LogP contribution in [0, 0.1) is 5.82 Å². The second-order valence-electron chi connectivity index (χ2n) is 11.4. The maximum atomic E-state index is 14.7. The van der Waals surface area contributed by atoms with E-state index in [1.807, 2.05) is 24.2 Å². The molecular formula is C31H42FN3O5. The number of rotatable bonds is 12. The number of likely N-dealkylation sites (N-methyl/N-ethyl adjacent to an activating group) is 1. The molecule has 0 radical (unpaired) electrons. The van der Waals surface area contributed by atoms with Gasteiger partial charge < -0.3 is 24.6 Å². The summed E-state index contributed by atoms with van der Waals surface area (Å²) in [5.74, 6) is 0.0426. The highest BCUT2D eigenvalue weighted by Crippen LogP contribution is 2.42. The fourth-order valence-electron chi connectivity index (χ4n) is 6.50. The number of carboxylic acid groups (broad SMARTS) is 1. The van der Waals surface area contributed by atoms with Crippen LogP contribution < -0.4 is 10.1 Å². The Morgan fingerprint density at radius 2 is 2.05 bits per heavy atom. The first-order valence-corrected chi connectivity index (χ1v) is 14.7. The van der Waals surface area contributed by atoms with E-state index in [0.29, 0.717) is 37.2 Å². The van der Waals surface area contributed by atoms with Gasteiger partial charge in [-0.15, -0.1) is 0 Å². The minimum absolute atomic E-state index is 0.0573. The molecule has 3 aliphatic rings. The van der Waals surface area contributed by atoms with E-state index in [2.05, 4.69) is 16.4 Å². The Labute approximate surface area is 236 Å². The average molecular weight is 556 g/mol. The largest absolute Gasteiger partial charge is 0.496 e. The lowest BCUT2D eigenvalue weighted by Crippen LogP contribution is -2.49. The summed E-state index contributed by atoms with van der Waals surface area (Å²) in [6.45, 7) is 1.91. The van der Waals surface area contributed by atoms with Crippen molar-refractivity contribution in [2.75, 3.05) is 39.3 Å². The lowest BCUT2D eigenvalue weighted by Gasteiger charge is -2.44. The molecule has 3 heterocycles. The number of benzene rings is 1. The van der Waals surface area contributed by atoms with E-state index < -0.39 is 17.8 Å². The summed E-state index contributed by atoms with van der Waals surface area (Å²) in [5.41, 5.74) is 2.58. The minimum Gasteiger partial charge on any atom is -0.496 e. The third-order valence-electron chi connectivity index (χ3n) is 8.86. The lowest BCUT2D eigenvalue weighted by molar-refractivity contribution is -0.146. The number of anilines is 1. The van der Waals surface area contributed by atoms with Gasteiger partial charge >= 0.3 is 5.97 Å². The summed E-state index contributed by atoms with van der Waals surface area (Å²) in [4.78, 5) is 18.9. The topological polar surface area (TPSA) is 93.2 Å². The van der Waals surface area contributed by atoms with Crippen molar-refractivity contribution in [2.24, 2.45) is 0 Å². The predicted octanol–water partition coefficient (Wildman–Crippen LogP) is 5.33. The van der Waals surface area contributed by atoms with E-state index >= 15 is 0 Å². The number of aryl methyl sites for hydroxylation is 1. The monoisotopic (exact) mass is 555 g/mol. The number of nitrogens with one attached hydrogen (secondary N) is 1. The van der Waals surface area contributed by atoms with Crippen molar-refractivity contribution in [3.8, 4) is 5.75 Å². The number of ether oxygens (including phenoxy) is 3. The van der Waals surface area contributed by atoms with E-state index in [4.69, 9.17) is 14.2 Å². The van der Waals surface area contributed by atoms with Crippen LogP contribution in [-0.2, 0) is 20.7 Å². The summed E-state index contributed by atoms with van der Waals surface area (Å²) in [6, 6.07) is 6.43. The number of hydrogen-bond donors (Lipinski definition) is 2. The van der Waals surface area contributed by atoms with Crippen molar-refractivity contribution in [3.05, 3.63) is 53.0 Å². The van der Waals surface area contributed by atoms with Crippen molar-refractivity contribution < 1.29 is 28.5 Å². The zero-order valence-corrected chi connectivity index (χ0v) is 23.6. The van der Waals surface area contributed by atoms with Gasteiger partial charge in [0, 0.05) is 49.7 Å². The molecule has 0 bridgehead atoms. The molecule has 1 aliphatic carbocycles. The Morgan fingerprint density at radius 1 is 1.25 bits per heavy atom. The molecule has 2 atom stereocenters. The first-order valence-electron chi connectivity index (χ1n) is 14.7. The van der Waals surface area contributed by atoms with Gasteiger partial charge in [-0.1, -0.05) is 6.07 Å². The molecule has 1 saturated carbocycles. The first-order chi connectivity index (χ1) is 19.4. The third kappa shape index (κ3) is 6.58. The Bertz CT molecular complexity index is 1150. The molecule has 2 N–H and O–H groups in total. The highest BCUT2D eigenvalue weighted by molar-refractivity contribution is 5.77. The van der Waals surface area contributed by atoms with Crippen LogP contribution in [0.4, 0.5) is 10.2 Å². The van der Waals surface area contributed by atoms with Gasteiger partial charge in [-0.25, -0.2) is 9.37 Å². The number of hydrogen-bond acceptors (Lipinski definition) is 7. The zero-order valence-electron chi connectivity index (χ0n) is 23.6. The van der Waals surface area contributed by atoms with E-state index in [1.165, 1.54) is 24.8 Å². The van der Waals surface area contributed by atoms with Crippen LogP contribution in [0.2, 0.25) is 0 Å². The Kier molecular flexibility index (Phi) is 9.55. The summed E-state index contributed by atoms with van der Waals surface area (Å²) < 4.78 is 31.8. The van der Waals surface area contributed by atoms with Crippen LogP contribution >= 0.6 is 0 Å². The Balaban J connectivity index is 1.12. The van der Waals surface area contributed by atoms with Crippen LogP contribution in [0.3, 0.4) is 0 Å². The molecule has 2 aromatic rings. The van der Waals surface area contributed by atoms with Crippen LogP contribution in [0.1, 0.15) is 80.0 Å². The summed E-state index contributed by atoms with van der Waals surface area (Å²) >= 11 is 0. The maximum Gasteiger partial charge on any atom is 0.325 e. The van der Waals surface area contributed by atoms with Gasteiger partial charge in [0.25, 0.3) is 0 Å².